The Labute approximate surface area is 83.5 Å². The fourth-order valence-corrected chi connectivity index (χ4v) is 1.45. The predicted molar refractivity (Wildman–Crippen MR) is 61.9 cm³/mol. The molecular weight excluding hydrogens is 174 g/mol. The number of nitrogens with zero attached hydrogens (tertiary/aromatic N) is 1. The molecule has 0 spiro atoms. The van der Waals surface area contributed by atoms with E-state index in [9.17, 15) is 0 Å². The van der Waals surface area contributed by atoms with Crippen molar-refractivity contribution >= 4 is 8.07 Å². The van der Waals surface area contributed by atoms with Crippen LogP contribution in [0.3, 0.4) is 0 Å². The van der Waals surface area contributed by atoms with Crippen LogP contribution in [-0.4, -0.2) is 32.6 Å². The van der Waals surface area contributed by atoms with E-state index >= 15 is 0 Å². The van der Waals surface area contributed by atoms with Crippen molar-refractivity contribution < 1.29 is 0 Å². The molecule has 0 radical (unpaired) electrons. The second kappa shape index (κ2) is 5.86. The first-order chi connectivity index (χ1) is 6.05. The Morgan fingerprint density at radius 1 is 1.23 bits per heavy atom. The third-order valence-corrected chi connectivity index (χ3v) is 3.48. The van der Waals surface area contributed by atoms with Gasteiger partial charge in [-0.2, -0.15) is 0 Å². The van der Waals surface area contributed by atoms with Crippen LogP contribution >= 0.6 is 0 Å². The van der Waals surface area contributed by atoms with Crippen molar-refractivity contribution in [2.24, 2.45) is 0 Å². The van der Waals surface area contributed by atoms with E-state index in [-0.39, 0.29) is 0 Å². The molecule has 0 aromatic rings. The molecule has 0 saturated heterocycles. The summed E-state index contributed by atoms with van der Waals surface area (Å²) in [4.78, 5) is 2.29. The van der Waals surface area contributed by atoms with Gasteiger partial charge < -0.3 is 0 Å². The Hall–Kier alpha value is -0.703. The van der Waals surface area contributed by atoms with Gasteiger partial charge in [0.15, 0.2) is 0 Å². The van der Waals surface area contributed by atoms with Gasteiger partial charge in [0.25, 0.3) is 0 Å². The topological polar surface area (TPSA) is 3.24 Å². The molecule has 0 unspecified atom stereocenters. The lowest BCUT2D eigenvalue weighted by Crippen LogP contribution is -2.25. The summed E-state index contributed by atoms with van der Waals surface area (Å²) in [6.45, 7) is 11.5. The molecule has 0 fully saturated rings. The van der Waals surface area contributed by atoms with Crippen molar-refractivity contribution in [1.82, 2.24) is 4.90 Å². The number of rotatable bonds is 3. The molecule has 0 aliphatic carbocycles. The van der Waals surface area contributed by atoms with Gasteiger partial charge in [0.05, 0.1) is 6.54 Å². The smallest absolute Gasteiger partial charge is 0.210 e. The van der Waals surface area contributed by atoms with E-state index in [0.29, 0.717) is 0 Å². The normalized spacial score (nSPS) is 10.5. The van der Waals surface area contributed by atoms with Crippen LogP contribution in [0.25, 0.3) is 0 Å². The maximum absolute atomic E-state index is 5.38. The molecular formula is C11H19NSi. The van der Waals surface area contributed by atoms with Gasteiger partial charge in [-0.05, 0) is 26.2 Å². The fourth-order valence-electron chi connectivity index (χ4n) is 0.856. The van der Waals surface area contributed by atoms with Crippen LogP contribution in [0.5, 0.6) is 0 Å². The lowest BCUT2D eigenvalue weighted by molar-refractivity contribution is 0.342. The van der Waals surface area contributed by atoms with E-state index in [0.717, 1.165) is 19.6 Å². The van der Waals surface area contributed by atoms with Crippen LogP contribution in [0.4, 0.5) is 0 Å². The minimum absolute atomic E-state index is 0.852. The van der Waals surface area contributed by atoms with Gasteiger partial charge in [-0.1, -0.05) is 19.8 Å². The van der Waals surface area contributed by atoms with Crippen molar-refractivity contribution in [1.29, 1.82) is 0 Å². The lowest BCUT2D eigenvalue weighted by Gasteiger charge is -2.13. The van der Waals surface area contributed by atoms with Gasteiger partial charge in [0.1, 0.15) is 0 Å². The van der Waals surface area contributed by atoms with Crippen LogP contribution in [0.2, 0.25) is 13.1 Å². The second-order valence-electron chi connectivity index (χ2n) is 3.53. The van der Waals surface area contributed by atoms with Crippen molar-refractivity contribution in [3.8, 4) is 23.4 Å². The summed E-state index contributed by atoms with van der Waals surface area (Å²) in [5, 5.41) is 0. The SMILES string of the molecule is C#C[Si](C)(C)C#CCN(CC)CC. The highest BCUT2D eigenvalue weighted by Crippen LogP contribution is 1.95. The second-order valence-corrected chi connectivity index (χ2v) is 7.32. The Bertz CT molecular complexity index is 235. The minimum atomic E-state index is -1.63. The molecule has 0 bridgehead atoms. The number of hydrogen-bond donors (Lipinski definition) is 0. The Morgan fingerprint density at radius 2 is 1.77 bits per heavy atom. The van der Waals surface area contributed by atoms with Crippen molar-refractivity contribution in [3.05, 3.63) is 0 Å². The van der Waals surface area contributed by atoms with Crippen molar-refractivity contribution in [2.75, 3.05) is 19.6 Å². The number of hydrogen-bond acceptors (Lipinski definition) is 1. The quantitative estimate of drug-likeness (QED) is 0.487. The first kappa shape index (κ1) is 12.3. The molecule has 0 aliphatic rings. The summed E-state index contributed by atoms with van der Waals surface area (Å²) in [5.74, 6) is 3.17. The standard InChI is InChI=1S/C11H19NSi/c1-6-12(7-2)10-9-11-13(4,5)8-3/h3H,6-7,10H2,1-2,4-5H3. The highest BCUT2D eigenvalue weighted by molar-refractivity contribution is 6.92. The Balaban J connectivity index is 4.07. The van der Waals surface area contributed by atoms with Crippen LogP contribution in [0, 0.1) is 23.4 Å². The molecule has 0 aromatic heterocycles. The third-order valence-electron chi connectivity index (χ3n) is 1.96. The van der Waals surface area contributed by atoms with Crippen LogP contribution in [-0.2, 0) is 0 Å². The summed E-state index contributed by atoms with van der Waals surface area (Å²) in [5.41, 5.74) is 6.02. The van der Waals surface area contributed by atoms with Gasteiger partial charge in [0.2, 0.25) is 8.07 Å². The molecule has 13 heavy (non-hydrogen) atoms. The van der Waals surface area contributed by atoms with Gasteiger partial charge in [-0.15, -0.1) is 17.5 Å². The highest BCUT2D eigenvalue weighted by Gasteiger charge is 2.12. The van der Waals surface area contributed by atoms with Crippen molar-refractivity contribution in [3.63, 3.8) is 0 Å². The summed E-state index contributed by atoms with van der Waals surface area (Å²) < 4.78 is 0. The summed E-state index contributed by atoms with van der Waals surface area (Å²) in [6.07, 6.45) is 5.38. The van der Waals surface area contributed by atoms with Gasteiger partial charge in [-0.3, -0.25) is 4.90 Å². The zero-order valence-electron chi connectivity index (χ0n) is 9.15. The first-order valence-electron chi connectivity index (χ1n) is 4.76. The Morgan fingerprint density at radius 3 is 2.15 bits per heavy atom. The van der Waals surface area contributed by atoms with Crippen LogP contribution < -0.4 is 0 Å². The summed E-state index contributed by atoms with van der Waals surface area (Å²) in [7, 11) is -1.63. The molecule has 72 valence electrons. The molecule has 0 atom stereocenters. The molecule has 1 nitrogen and oxygen atoms in total. The van der Waals surface area contributed by atoms with Gasteiger partial charge >= 0.3 is 0 Å². The van der Waals surface area contributed by atoms with E-state index < -0.39 is 8.07 Å². The largest absolute Gasteiger partial charge is 0.293 e. The number of terminal acetylenes is 1. The molecule has 0 aromatic carbocycles. The molecule has 0 saturated carbocycles. The first-order valence-corrected chi connectivity index (χ1v) is 7.76. The van der Waals surface area contributed by atoms with Gasteiger partial charge in [0, 0.05) is 0 Å². The maximum atomic E-state index is 5.38. The molecule has 2 heteroatoms. The zero-order chi connectivity index (χ0) is 10.3. The van der Waals surface area contributed by atoms with Crippen LogP contribution in [0.15, 0.2) is 0 Å². The summed E-state index contributed by atoms with van der Waals surface area (Å²) >= 11 is 0. The maximum Gasteiger partial charge on any atom is 0.210 e. The van der Waals surface area contributed by atoms with E-state index in [2.05, 4.69) is 48.8 Å². The molecule has 0 amide bonds. The van der Waals surface area contributed by atoms with Crippen LogP contribution in [0.1, 0.15) is 13.8 Å². The van der Waals surface area contributed by atoms with E-state index in [1.54, 1.807) is 0 Å². The lowest BCUT2D eigenvalue weighted by atomic mass is 10.5. The highest BCUT2D eigenvalue weighted by atomic mass is 28.3. The molecule has 0 heterocycles. The summed E-state index contributed by atoms with van der Waals surface area (Å²) in [6, 6.07) is 0. The monoisotopic (exact) mass is 193 g/mol. The molecule has 0 rings (SSSR count). The average Bonchev–Trinajstić information content (AvgIpc) is 2.12. The van der Waals surface area contributed by atoms with Crippen molar-refractivity contribution in [2.45, 2.75) is 26.9 Å². The predicted octanol–water partition coefficient (Wildman–Crippen LogP) is 1.75. The van der Waals surface area contributed by atoms with Gasteiger partial charge in [-0.25, -0.2) is 0 Å². The molecule has 0 aliphatic heterocycles. The average molecular weight is 193 g/mol. The van der Waals surface area contributed by atoms with E-state index in [4.69, 9.17) is 6.42 Å². The minimum Gasteiger partial charge on any atom is -0.293 e. The fraction of sp³-hybridized carbons (Fsp3) is 0.636. The zero-order valence-corrected chi connectivity index (χ0v) is 10.1. The van der Waals surface area contributed by atoms with E-state index in [1.807, 2.05) is 0 Å². The Kier molecular flexibility index (Phi) is 5.54. The van der Waals surface area contributed by atoms with E-state index in [1.165, 1.54) is 0 Å². The molecule has 0 N–H and O–H groups in total. The third kappa shape index (κ3) is 5.52.